The lowest BCUT2D eigenvalue weighted by atomic mass is 9.96. The Morgan fingerprint density at radius 2 is 1.48 bits per heavy atom. The van der Waals surface area contributed by atoms with E-state index in [1.54, 1.807) is 30.3 Å². The average molecular weight is 445 g/mol. The highest BCUT2D eigenvalue weighted by atomic mass is 32.2. The third-order valence-electron chi connectivity index (χ3n) is 5.66. The van der Waals surface area contributed by atoms with Gasteiger partial charge in [0.2, 0.25) is 0 Å². The fourth-order valence-corrected chi connectivity index (χ4v) is 5.04. The highest BCUT2D eigenvalue weighted by molar-refractivity contribution is 7.92. The van der Waals surface area contributed by atoms with E-state index in [4.69, 9.17) is 9.47 Å². The van der Waals surface area contributed by atoms with Crippen LogP contribution >= 0.6 is 0 Å². The zero-order valence-electron chi connectivity index (χ0n) is 17.4. The Balaban J connectivity index is 1.40. The lowest BCUT2D eigenvalue weighted by molar-refractivity contribution is 0.0930. The second-order valence-corrected chi connectivity index (χ2v) is 9.69. The van der Waals surface area contributed by atoms with E-state index in [1.807, 2.05) is 0 Å². The average Bonchev–Trinajstić information content (AvgIpc) is 2.75. The fourth-order valence-electron chi connectivity index (χ4n) is 3.96. The van der Waals surface area contributed by atoms with Crippen LogP contribution in [0.4, 0.5) is 5.69 Å². The molecular formula is C23H28N2O5S. The molecule has 1 heterocycles. The van der Waals surface area contributed by atoms with Gasteiger partial charge in [0.25, 0.3) is 15.9 Å². The van der Waals surface area contributed by atoms with Crippen LogP contribution in [0.5, 0.6) is 11.5 Å². The summed E-state index contributed by atoms with van der Waals surface area (Å²) in [5.41, 5.74) is 0.904. The number of rotatable bonds is 5. The van der Waals surface area contributed by atoms with Crippen molar-refractivity contribution in [3.63, 3.8) is 0 Å². The minimum Gasteiger partial charge on any atom is -0.486 e. The number of hydrogen-bond acceptors (Lipinski definition) is 5. The second-order valence-electron chi connectivity index (χ2n) is 8.00. The summed E-state index contributed by atoms with van der Waals surface area (Å²) < 4.78 is 38.9. The number of benzene rings is 2. The molecule has 1 amide bonds. The Hall–Kier alpha value is -2.74. The van der Waals surface area contributed by atoms with Crippen LogP contribution in [0.1, 0.15) is 55.3 Å². The van der Waals surface area contributed by atoms with Gasteiger partial charge in [0.05, 0.1) is 4.90 Å². The van der Waals surface area contributed by atoms with Crippen LogP contribution < -0.4 is 19.5 Å². The Kier molecular flexibility index (Phi) is 6.65. The SMILES string of the molecule is O=C(NC1CCCCCCC1)c1ccc(NS(=O)(=O)c2ccc3c(c2)OCCO3)cc1. The molecule has 7 nitrogen and oxygen atoms in total. The summed E-state index contributed by atoms with van der Waals surface area (Å²) in [5, 5.41) is 3.12. The molecule has 1 fully saturated rings. The molecule has 0 radical (unpaired) electrons. The van der Waals surface area contributed by atoms with Gasteiger partial charge in [0, 0.05) is 23.4 Å². The van der Waals surface area contributed by atoms with Gasteiger partial charge in [0.1, 0.15) is 13.2 Å². The van der Waals surface area contributed by atoms with Crippen LogP contribution in [-0.4, -0.2) is 33.6 Å². The molecule has 0 spiro atoms. The van der Waals surface area contributed by atoms with Crippen molar-refractivity contribution in [3.8, 4) is 11.5 Å². The van der Waals surface area contributed by atoms with E-state index < -0.39 is 10.0 Å². The van der Waals surface area contributed by atoms with Gasteiger partial charge in [0.15, 0.2) is 11.5 Å². The standard InChI is InChI=1S/C23H28N2O5S/c26-23(24-18-6-4-2-1-3-5-7-18)17-8-10-19(11-9-17)25-31(27,28)20-12-13-21-22(16-20)30-15-14-29-21/h8-13,16,18,25H,1-7,14-15H2,(H,24,26). The number of ether oxygens (including phenoxy) is 2. The molecule has 0 unspecified atom stereocenters. The van der Waals surface area contributed by atoms with Gasteiger partial charge in [-0.25, -0.2) is 8.42 Å². The Labute approximate surface area is 183 Å². The van der Waals surface area contributed by atoms with E-state index in [2.05, 4.69) is 10.0 Å². The van der Waals surface area contributed by atoms with Crippen molar-refractivity contribution < 1.29 is 22.7 Å². The van der Waals surface area contributed by atoms with Crippen LogP contribution in [0.15, 0.2) is 47.4 Å². The Morgan fingerprint density at radius 1 is 0.839 bits per heavy atom. The second kappa shape index (κ2) is 9.60. The number of anilines is 1. The lowest BCUT2D eigenvalue weighted by Crippen LogP contribution is -2.35. The molecule has 0 bridgehead atoms. The molecule has 0 aromatic heterocycles. The third kappa shape index (κ3) is 5.50. The predicted octanol–water partition coefficient (Wildman–Crippen LogP) is 4.10. The van der Waals surface area contributed by atoms with Crippen molar-refractivity contribution in [3.05, 3.63) is 48.0 Å². The summed E-state index contributed by atoms with van der Waals surface area (Å²) in [6, 6.07) is 11.2. The number of amides is 1. The van der Waals surface area contributed by atoms with Crippen molar-refractivity contribution in [1.82, 2.24) is 5.32 Å². The van der Waals surface area contributed by atoms with E-state index >= 15 is 0 Å². The van der Waals surface area contributed by atoms with Gasteiger partial charge in [-0.15, -0.1) is 0 Å². The third-order valence-corrected chi connectivity index (χ3v) is 7.04. The molecule has 31 heavy (non-hydrogen) atoms. The molecular weight excluding hydrogens is 416 g/mol. The number of fused-ring (bicyclic) bond motifs is 1. The van der Waals surface area contributed by atoms with Crippen molar-refractivity contribution >= 4 is 21.6 Å². The largest absolute Gasteiger partial charge is 0.486 e. The molecule has 2 aromatic carbocycles. The van der Waals surface area contributed by atoms with Gasteiger partial charge in [-0.3, -0.25) is 9.52 Å². The normalized spacial score (nSPS) is 17.3. The summed E-state index contributed by atoms with van der Waals surface area (Å²) in [7, 11) is -3.80. The van der Waals surface area contributed by atoms with Crippen LogP contribution in [0.25, 0.3) is 0 Å². The summed E-state index contributed by atoms with van der Waals surface area (Å²) in [5.74, 6) is 0.826. The van der Waals surface area contributed by atoms with Crippen LogP contribution in [0.3, 0.4) is 0 Å². The quantitative estimate of drug-likeness (QED) is 0.724. The maximum atomic E-state index is 12.7. The molecule has 166 valence electrons. The molecule has 2 N–H and O–H groups in total. The minimum atomic E-state index is -3.80. The van der Waals surface area contributed by atoms with Crippen LogP contribution in [-0.2, 0) is 10.0 Å². The van der Waals surface area contributed by atoms with E-state index in [9.17, 15) is 13.2 Å². The topological polar surface area (TPSA) is 93.7 Å². The maximum Gasteiger partial charge on any atom is 0.262 e. The number of carbonyl (C=O) groups excluding carboxylic acids is 1. The van der Waals surface area contributed by atoms with Crippen molar-refractivity contribution in [2.45, 2.75) is 55.9 Å². The Morgan fingerprint density at radius 3 is 2.19 bits per heavy atom. The van der Waals surface area contributed by atoms with E-state index in [-0.39, 0.29) is 16.8 Å². The Bertz CT molecular complexity index is 1010. The molecule has 1 aliphatic carbocycles. The first-order valence-corrected chi connectivity index (χ1v) is 12.3. The van der Waals surface area contributed by atoms with Gasteiger partial charge in [-0.05, 0) is 49.2 Å². The number of sulfonamides is 1. The number of nitrogens with one attached hydrogen (secondary N) is 2. The first kappa shape index (κ1) is 21.5. The van der Waals surface area contributed by atoms with Crippen molar-refractivity contribution in [2.75, 3.05) is 17.9 Å². The minimum absolute atomic E-state index is 0.0860. The maximum absolute atomic E-state index is 12.7. The van der Waals surface area contributed by atoms with E-state index in [0.717, 1.165) is 25.7 Å². The molecule has 1 aliphatic heterocycles. The lowest BCUT2D eigenvalue weighted by Gasteiger charge is -2.21. The molecule has 0 atom stereocenters. The number of carbonyl (C=O) groups is 1. The van der Waals surface area contributed by atoms with E-state index in [0.29, 0.717) is 36.0 Å². The van der Waals surface area contributed by atoms with Gasteiger partial charge in [-0.2, -0.15) is 0 Å². The highest BCUT2D eigenvalue weighted by Gasteiger charge is 2.20. The van der Waals surface area contributed by atoms with Crippen molar-refractivity contribution in [1.29, 1.82) is 0 Å². The van der Waals surface area contributed by atoms with E-state index in [1.165, 1.54) is 31.4 Å². The molecule has 2 aliphatic rings. The zero-order valence-corrected chi connectivity index (χ0v) is 18.2. The van der Waals surface area contributed by atoms with Gasteiger partial charge < -0.3 is 14.8 Å². The number of hydrogen-bond donors (Lipinski definition) is 2. The van der Waals surface area contributed by atoms with Crippen LogP contribution in [0.2, 0.25) is 0 Å². The molecule has 4 rings (SSSR count). The molecule has 8 heteroatoms. The summed E-state index contributed by atoms with van der Waals surface area (Å²) in [6.45, 7) is 0.826. The smallest absolute Gasteiger partial charge is 0.262 e. The van der Waals surface area contributed by atoms with Gasteiger partial charge in [-0.1, -0.05) is 32.1 Å². The molecule has 1 saturated carbocycles. The molecule has 2 aromatic rings. The first-order chi connectivity index (χ1) is 15.0. The summed E-state index contributed by atoms with van der Waals surface area (Å²) in [6.07, 6.45) is 8.05. The summed E-state index contributed by atoms with van der Waals surface area (Å²) >= 11 is 0. The van der Waals surface area contributed by atoms with Crippen LogP contribution in [0, 0.1) is 0 Å². The van der Waals surface area contributed by atoms with Crippen molar-refractivity contribution in [2.24, 2.45) is 0 Å². The first-order valence-electron chi connectivity index (χ1n) is 10.8. The predicted molar refractivity (Wildman–Crippen MR) is 118 cm³/mol. The fraction of sp³-hybridized carbons (Fsp3) is 0.435. The zero-order chi connectivity index (χ0) is 21.7. The van der Waals surface area contributed by atoms with Gasteiger partial charge >= 0.3 is 0 Å². The molecule has 0 saturated heterocycles. The highest BCUT2D eigenvalue weighted by Crippen LogP contribution is 2.32. The monoisotopic (exact) mass is 444 g/mol. The summed E-state index contributed by atoms with van der Waals surface area (Å²) in [4.78, 5) is 12.7.